The van der Waals surface area contributed by atoms with E-state index in [4.69, 9.17) is 0 Å². The Kier molecular flexibility index (Phi) is 5.95. The van der Waals surface area contributed by atoms with Crippen molar-refractivity contribution in [3.05, 3.63) is 69.4 Å². The maximum absolute atomic E-state index is 13.9. The van der Waals surface area contributed by atoms with Crippen molar-refractivity contribution in [2.24, 2.45) is 0 Å². The largest absolute Gasteiger partial charge is 0.310 e. The van der Waals surface area contributed by atoms with E-state index in [0.29, 0.717) is 6.42 Å². The summed E-state index contributed by atoms with van der Waals surface area (Å²) in [5.41, 5.74) is 3.16. The van der Waals surface area contributed by atoms with Crippen LogP contribution in [0.25, 0.3) is 0 Å². The second-order valence-corrected chi connectivity index (χ2v) is 6.17. The van der Waals surface area contributed by atoms with E-state index in [-0.39, 0.29) is 11.9 Å². The highest BCUT2D eigenvalue weighted by atomic mass is 79.9. The molecule has 1 N–H and O–H groups in total. The van der Waals surface area contributed by atoms with Gasteiger partial charge in [0.25, 0.3) is 0 Å². The normalized spacial score (nSPS) is 12.4. The molecule has 1 unspecified atom stereocenters. The molecule has 0 radical (unpaired) electrons. The van der Waals surface area contributed by atoms with Gasteiger partial charge in [0.1, 0.15) is 5.82 Å². The zero-order valence-corrected chi connectivity index (χ0v) is 14.1. The van der Waals surface area contributed by atoms with Crippen LogP contribution in [0.3, 0.4) is 0 Å². The van der Waals surface area contributed by atoms with Crippen molar-refractivity contribution >= 4 is 15.9 Å². The number of hydrogen-bond acceptors (Lipinski definition) is 1. The second-order valence-electron chi connectivity index (χ2n) is 5.31. The van der Waals surface area contributed by atoms with Crippen molar-refractivity contribution in [3.8, 4) is 0 Å². The first-order chi connectivity index (χ1) is 10.1. The molecule has 2 aromatic rings. The van der Waals surface area contributed by atoms with Gasteiger partial charge in [-0.1, -0.05) is 53.2 Å². The van der Waals surface area contributed by atoms with Crippen molar-refractivity contribution in [2.45, 2.75) is 32.7 Å². The highest BCUT2D eigenvalue weighted by Crippen LogP contribution is 2.24. The topological polar surface area (TPSA) is 12.0 Å². The van der Waals surface area contributed by atoms with Gasteiger partial charge >= 0.3 is 0 Å². The van der Waals surface area contributed by atoms with Crippen molar-refractivity contribution in [2.75, 3.05) is 6.54 Å². The molecule has 1 nitrogen and oxygen atoms in total. The number of aryl methyl sites for hydroxylation is 1. The third kappa shape index (κ3) is 4.39. The molecule has 0 heterocycles. The molecule has 0 bridgehead atoms. The summed E-state index contributed by atoms with van der Waals surface area (Å²) < 4.78 is 15.0. The maximum atomic E-state index is 13.9. The van der Waals surface area contributed by atoms with Gasteiger partial charge in [-0.25, -0.2) is 4.39 Å². The van der Waals surface area contributed by atoms with Gasteiger partial charge in [0, 0.05) is 10.5 Å². The Hall–Kier alpha value is -1.19. The summed E-state index contributed by atoms with van der Waals surface area (Å²) >= 11 is 3.53. The fraction of sp³-hybridized carbons (Fsp3) is 0.333. The third-order valence-electron chi connectivity index (χ3n) is 3.61. The van der Waals surface area contributed by atoms with E-state index in [1.165, 1.54) is 17.2 Å². The fourth-order valence-corrected chi connectivity index (χ4v) is 2.64. The Morgan fingerprint density at radius 1 is 1.19 bits per heavy atom. The summed E-state index contributed by atoms with van der Waals surface area (Å²) in [4.78, 5) is 0. The molecule has 21 heavy (non-hydrogen) atoms. The Morgan fingerprint density at radius 2 is 1.95 bits per heavy atom. The zero-order valence-electron chi connectivity index (χ0n) is 12.5. The van der Waals surface area contributed by atoms with Gasteiger partial charge in [0.15, 0.2) is 0 Å². The van der Waals surface area contributed by atoms with Crippen LogP contribution < -0.4 is 5.32 Å². The predicted octanol–water partition coefficient (Wildman–Crippen LogP) is 5.18. The molecule has 1 atom stereocenters. The van der Waals surface area contributed by atoms with E-state index in [1.54, 1.807) is 6.07 Å². The van der Waals surface area contributed by atoms with Crippen molar-refractivity contribution in [3.63, 3.8) is 0 Å². The lowest BCUT2D eigenvalue weighted by atomic mass is 9.97. The summed E-state index contributed by atoms with van der Waals surface area (Å²) in [6, 6.07) is 13.5. The van der Waals surface area contributed by atoms with E-state index >= 15 is 0 Å². The van der Waals surface area contributed by atoms with Gasteiger partial charge in [-0.05, 0) is 55.1 Å². The summed E-state index contributed by atoms with van der Waals surface area (Å²) in [7, 11) is 0. The molecule has 0 amide bonds. The predicted molar refractivity (Wildman–Crippen MR) is 90.0 cm³/mol. The molecule has 0 saturated carbocycles. The Balaban J connectivity index is 2.25. The van der Waals surface area contributed by atoms with Crippen LogP contribution in [-0.2, 0) is 6.42 Å². The van der Waals surface area contributed by atoms with Crippen LogP contribution in [0.4, 0.5) is 4.39 Å². The minimum atomic E-state index is -0.130. The standard InChI is InChI=1S/C18H21BrFN/c1-3-10-21-18(12-14-6-4-5-7-17(14)20)15-8-9-16(19)13(2)11-15/h4-9,11,18,21H,3,10,12H2,1-2H3. The van der Waals surface area contributed by atoms with Crippen molar-refractivity contribution in [1.29, 1.82) is 0 Å². The molecular weight excluding hydrogens is 329 g/mol. The minimum absolute atomic E-state index is 0.130. The first-order valence-corrected chi connectivity index (χ1v) is 8.14. The van der Waals surface area contributed by atoms with E-state index in [9.17, 15) is 4.39 Å². The third-order valence-corrected chi connectivity index (χ3v) is 4.50. The molecule has 112 valence electrons. The van der Waals surface area contributed by atoms with E-state index in [2.05, 4.69) is 53.3 Å². The minimum Gasteiger partial charge on any atom is -0.310 e. The average molecular weight is 350 g/mol. The van der Waals surface area contributed by atoms with Crippen LogP contribution in [0, 0.1) is 12.7 Å². The van der Waals surface area contributed by atoms with Crippen LogP contribution in [-0.4, -0.2) is 6.54 Å². The van der Waals surface area contributed by atoms with E-state index in [0.717, 1.165) is 23.0 Å². The molecule has 0 aliphatic rings. The maximum Gasteiger partial charge on any atom is 0.126 e. The highest BCUT2D eigenvalue weighted by Gasteiger charge is 2.14. The fourth-order valence-electron chi connectivity index (χ4n) is 2.39. The van der Waals surface area contributed by atoms with Gasteiger partial charge in [-0.2, -0.15) is 0 Å². The number of halogens is 2. The molecule has 0 aromatic heterocycles. The summed E-state index contributed by atoms with van der Waals surface area (Å²) in [6.07, 6.45) is 1.72. The molecule has 0 spiro atoms. The Morgan fingerprint density at radius 3 is 2.62 bits per heavy atom. The summed E-state index contributed by atoms with van der Waals surface area (Å²) in [6.45, 7) is 5.14. The van der Waals surface area contributed by atoms with Crippen molar-refractivity contribution in [1.82, 2.24) is 5.32 Å². The van der Waals surface area contributed by atoms with E-state index < -0.39 is 0 Å². The highest BCUT2D eigenvalue weighted by molar-refractivity contribution is 9.10. The molecular formula is C18H21BrFN. The van der Waals surface area contributed by atoms with Gasteiger partial charge in [0.05, 0.1) is 0 Å². The van der Waals surface area contributed by atoms with Gasteiger partial charge in [0.2, 0.25) is 0 Å². The van der Waals surface area contributed by atoms with Crippen LogP contribution in [0.5, 0.6) is 0 Å². The van der Waals surface area contributed by atoms with Crippen LogP contribution in [0.2, 0.25) is 0 Å². The van der Waals surface area contributed by atoms with E-state index in [1.807, 2.05) is 12.1 Å². The summed E-state index contributed by atoms with van der Waals surface area (Å²) in [5.74, 6) is -0.130. The lowest BCUT2D eigenvalue weighted by molar-refractivity contribution is 0.513. The van der Waals surface area contributed by atoms with Crippen LogP contribution >= 0.6 is 15.9 Å². The van der Waals surface area contributed by atoms with Gasteiger partial charge < -0.3 is 5.32 Å². The van der Waals surface area contributed by atoms with Crippen LogP contribution in [0.1, 0.15) is 36.1 Å². The molecule has 2 aromatic carbocycles. The quantitative estimate of drug-likeness (QED) is 0.757. The number of hydrogen-bond donors (Lipinski definition) is 1. The average Bonchev–Trinajstić information content (AvgIpc) is 2.48. The summed E-state index contributed by atoms with van der Waals surface area (Å²) in [5, 5.41) is 3.53. The molecule has 0 fully saturated rings. The molecule has 0 aliphatic heterocycles. The molecule has 2 rings (SSSR count). The smallest absolute Gasteiger partial charge is 0.126 e. The number of benzene rings is 2. The number of nitrogens with one attached hydrogen (secondary N) is 1. The lowest BCUT2D eigenvalue weighted by Gasteiger charge is -2.20. The Labute approximate surface area is 134 Å². The first kappa shape index (κ1) is 16.2. The van der Waals surface area contributed by atoms with Gasteiger partial charge in [-0.15, -0.1) is 0 Å². The second kappa shape index (κ2) is 7.71. The monoisotopic (exact) mass is 349 g/mol. The van der Waals surface area contributed by atoms with Crippen molar-refractivity contribution < 1.29 is 4.39 Å². The molecule has 0 aliphatic carbocycles. The molecule has 3 heteroatoms. The zero-order chi connectivity index (χ0) is 15.2. The Bertz CT molecular complexity index is 598. The first-order valence-electron chi connectivity index (χ1n) is 7.34. The number of rotatable bonds is 6. The lowest BCUT2D eigenvalue weighted by Crippen LogP contribution is -2.24. The molecule has 0 saturated heterocycles. The van der Waals surface area contributed by atoms with Crippen LogP contribution in [0.15, 0.2) is 46.9 Å². The van der Waals surface area contributed by atoms with Gasteiger partial charge in [-0.3, -0.25) is 0 Å². The SMILES string of the molecule is CCCNC(Cc1ccccc1F)c1ccc(Br)c(C)c1.